The van der Waals surface area contributed by atoms with Crippen LogP contribution in [0.4, 0.5) is 13.2 Å². The van der Waals surface area contributed by atoms with E-state index in [1.807, 2.05) is 0 Å². The number of nitrogens with zero attached hydrogens (tertiary/aromatic N) is 3. The molecule has 0 unspecified atom stereocenters. The molecule has 2 aromatic rings. The number of aromatic nitrogens is 3. The van der Waals surface area contributed by atoms with E-state index in [1.54, 1.807) is 12.1 Å². The molecule has 3 nitrogen and oxygen atoms in total. The summed E-state index contributed by atoms with van der Waals surface area (Å²) in [6, 6.07) is 3.33. The zero-order valence-corrected chi connectivity index (χ0v) is 9.20. The smallest absolute Gasteiger partial charge is 0.263 e. The summed E-state index contributed by atoms with van der Waals surface area (Å²) in [5, 5.41) is 3.86. The number of hydrogen-bond donors (Lipinski definition) is 0. The lowest BCUT2D eigenvalue weighted by Crippen LogP contribution is -2.17. The van der Waals surface area contributed by atoms with Crippen molar-refractivity contribution < 1.29 is 13.2 Å². The van der Waals surface area contributed by atoms with E-state index in [0.717, 1.165) is 4.68 Å². The Morgan fingerprint density at radius 3 is 2.76 bits per heavy atom. The highest BCUT2D eigenvalue weighted by atomic mass is 35.5. The molecule has 0 radical (unpaired) electrons. The molecule has 17 heavy (non-hydrogen) atoms. The van der Waals surface area contributed by atoms with Crippen LogP contribution in [0.1, 0.15) is 0 Å². The third kappa shape index (κ3) is 2.97. The van der Waals surface area contributed by atoms with Gasteiger partial charge in [0.15, 0.2) is 0 Å². The van der Waals surface area contributed by atoms with Crippen molar-refractivity contribution in [1.82, 2.24) is 14.8 Å². The SMILES string of the molecule is FC(F)(F)Cn1cc(-c2cccnc2Cl)cn1. The van der Waals surface area contributed by atoms with Gasteiger partial charge in [-0.15, -0.1) is 0 Å². The molecule has 0 bridgehead atoms. The Hall–Kier alpha value is -1.56. The van der Waals surface area contributed by atoms with Crippen molar-refractivity contribution in [3.8, 4) is 11.1 Å². The first kappa shape index (κ1) is 11.9. The van der Waals surface area contributed by atoms with Gasteiger partial charge in [0.05, 0.1) is 6.20 Å². The molecule has 0 saturated heterocycles. The molecule has 0 aliphatic carbocycles. The molecule has 0 aliphatic rings. The Morgan fingerprint density at radius 1 is 1.35 bits per heavy atom. The Bertz CT molecular complexity index is 522. The monoisotopic (exact) mass is 261 g/mol. The zero-order chi connectivity index (χ0) is 12.5. The van der Waals surface area contributed by atoms with Gasteiger partial charge in [0.1, 0.15) is 11.7 Å². The van der Waals surface area contributed by atoms with Crippen LogP contribution < -0.4 is 0 Å². The lowest BCUT2D eigenvalue weighted by molar-refractivity contribution is -0.142. The molecular weight excluding hydrogens is 255 g/mol. The minimum Gasteiger partial charge on any atom is -0.263 e. The summed E-state index contributed by atoms with van der Waals surface area (Å²) in [7, 11) is 0. The van der Waals surface area contributed by atoms with Crippen molar-refractivity contribution in [2.45, 2.75) is 12.7 Å². The molecule has 0 amide bonds. The lowest BCUT2D eigenvalue weighted by atomic mass is 10.2. The average molecular weight is 262 g/mol. The maximum atomic E-state index is 12.1. The maximum absolute atomic E-state index is 12.1. The van der Waals surface area contributed by atoms with E-state index in [4.69, 9.17) is 11.6 Å². The Morgan fingerprint density at radius 2 is 2.12 bits per heavy atom. The average Bonchev–Trinajstić information content (AvgIpc) is 2.64. The van der Waals surface area contributed by atoms with Crippen LogP contribution in [0.2, 0.25) is 5.15 Å². The highest BCUT2D eigenvalue weighted by Gasteiger charge is 2.28. The van der Waals surface area contributed by atoms with Crippen molar-refractivity contribution in [1.29, 1.82) is 0 Å². The molecule has 0 aromatic carbocycles. The number of hydrogen-bond acceptors (Lipinski definition) is 2. The fraction of sp³-hybridized carbons (Fsp3) is 0.200. The van der Waals surface area contributed by atoms with Gasteiger partial charge >= 0.3 is 6.18 Å². The van der Waals surface area contributed by atoms with E-state index in [1.165, 1.54) is 18.6 Å². The molecular formula is C10H7ClF3N3. The van der Waals surface area contributed by atoms with Gasteiger partial charge < -0.3 is 0 Å². The first-order valence-corrected chi connectivity index (χ1v) is 5.03. The summed E-state index contributed by atoms with van der Waals surface area (Å²) in [5.74, 6) is 0. The molecule has 0 saturated carbocycles. The van der Waals surface area contributed by atoms with Crippen molar-refractivity contribution in [3.05, 3.63) is 35.9 Å². The van der Waals surface area contributed by atoms with Crippen LogP contribution in [0, 0.1) is 0 Å². The van der Waals surface area contributed by atoms with E-state index < -0.39 is 12.7 Å². The highest BCUT2D eigenvalue weighted by Crippen LogP contribution is 2.26. The van der Waals surface area contributed by atoms with Gasteiger partial charge in [-0.3, -0.25) is 4.68 Å². The van der Waals surface area contributed by atoms with Gasteiger partial charge in [0.2, 0.25) is 0 Å². The summed E-state index contributed by atoms with van der Waals surface area (Å²) in [4.78, 5) is 3.85. The van der Waals surface area contributed by atoms with E-state index in [2.05, 4.69) is 10.1 Å². The number of alkyl halides is 3. The summed E-state index contributed by atoms with van der Waals surface area (Å²) in [5.41, 5.74) is 1.06. The Kier molecular flexibility index (Phi) is 3.06. The first-order chi connectivity index (χ1) is 7.96. The maximum Gasteiger partial charge on any atom is 0.408 e. The molecule has 7 heteroatoms. The molecule has 2 aromatic heterocycles. The van der Waals surface area contributed by atoms with Crippen LogP contribution in [0.15, 0.2) is 30.7 Å². The minimum absolute atomic E-state index is 0.235. The van der Waals surface area contributed by atoms with Gasteiger partial charge in [0.25, 0.3) is 0 Å². The van der Waals surface area contributed by atoms with E-state index in [-0.39, 0.29) is 5.15 Å². The minimum atomic E-state index is -4.29. The molecule has 0 N–H and O–H groups in total. The second-order valence-corrected chi connectivity index (χ2v) is 3.74. The van der Waals surface area contributed by atoms with Gasteiger partial charge in [0, 0.05) is 23.5 Å². The zero-order valence-electron chi connectivity index (χ0n) is 8.45. The van der Waals surface area contributed by atoms with Gasteiger partial charge in [-0.1, -0.05) is 11.6 Å². The molecule has 0 atom stereocenters. The van der Waals surface area contributed by atoms with Crippen LogP contribution in [-0.2, 0) is 6.54 Å². The van der Waals surface area contributed by atoms with Crippen LogP contribution in [0.5, 0.6) is 0 Å². The third-order valence-electron chi connectivity index (χ3n) is 2.04. The fourth-order valence-corrected chi connectivity index (χ4v) is 1.60. The van der Waals surface area contributed by atoms with Gasteiger partial charge in [-0.2, -0.15) is 18.3 Å². The Labute approximate surface area is 99.8 Å². The largest absolute Gasteiger partial charge is 0.408 e. The molecule has 90 valence electrons. The predicted molar refractivity (Wildman–Crippen MR) is 56.5 cm³/mol. The first-order valence-electron chi connectivity index (χ1n) is 4.66. The normalized spacial score (nSPS) is 11.8. The second-order valence-electron chi connectivity index (χ2n) is 3.38. The Balaban J connectivity index is 2.28. The topological polar surface area (TPSA) is 30.7 Å². The lowest BCUT2D eigenvalue weighted by Gasteiger charge is -2.05. The molecule has 2 heterocycles. The van der Waals surface area contributed by atoms with Gasteiger partial charge in [-0.05, 0) is 12.1 Å². The van der Waals surface area contributed by atoms with E-state index >= 15 is 0 Å². The number of halogens is 4. The van der Waals surface area contributed by atoms with Crippen LogP contribution >= 0.6 is 11.6 Å². The van der Waals surface area contributed by atoms with Crippen molar-refractivity contribution in [2.75, 3.05) is 0 Å². The van der Waals surface area contributed by atoms with E-state index in [0.29, 0.717) is 11.1 Å². The van der Waals surface area contributed by atoms with Crippen LogP contribution in [0.3, 0.4) is 0 Å². The van der Waals surface area contributed by atoms with Crippen LogP contribution in [-0.4, -0.2) is 20.9 Å². The van der Waals surface area contributed by atoms with E-state index in [9.17, 15) is 13.2 Å². The summed E-state index contributed by atoms with van der Waals surface area (Å²) >= 11 is 5.83. The van der Waals surface area contributed by atoms with Gasteiger partial charge in [-0.25, -0.2) is 4.98 Å². The standard InChI is InChI=1S/C10H7ClF3N3/c11-9-8(2-1-3-15-9)7-4-16-17(5-7)6-10(12,13)14/h1-5H,6H2. The highest BCUT2D eigenvalue weighted by molar-refractivity contribution is 6.32. The molecule has 0 fully saturated rings. The van der Waals surface area contributed by atoms with Crippen molar-refractivity contribution in [2.24, 2.45) is 0 Å². The van der Waals surface area contributed by atoms with Crippen molar-refractivity contribution in [3.63, 3.8) is 0 Å². The van der Waals surface area contributed by atoms with Crippen molar-refractivity contribution >= 4 is 11.6 Å². The predicted octanol–water partition coefficient (Wildman–Crippen LogP) is 3.16. The summed E-state index contributed by atoms with van der Waals surface area (Å²) in [6.07, 6.45) is -0.168. The molecule has 0 spiro atoms. The number of rotatable bonds is 2. The summed E-state index contributed by atoms with van der Waals surface area (Å²) < 4.78 is 37.2. The third-order valence-corrected chi connectivity index (χ3v) is 2.35. The fourth-order valence-electron chi connectivity index (χ4n) is 1.37. The quantitative estimate of drug-likeness (QED) is 0.778. The second kappa shape index (κ2) is 4.37. The molecule has 0 aliphatic heterocycles. The molecule has 2 rings (SSSR count). The van der Waals surface area contributed by atoms with Crippen LogP contribution in [0.25, 0.3) is 11.1 Å². The number of pyridine rings is 1. The summed E-state index contributed by atoms with van der Waals surface area (Å²) in [6.45, 7) is -1.12.